The minimum absolute atomic E-state index is 0.0772. The van der Waals surface area contributed by atoms with Crippen LogP contribution in [0.4, 0.5) is 0 Å². The molecule has 0 aromatic rings. The molecule has 0 bridgehead atoms. The van der Waals surface area contributed by atoms with Gasteiger partial charge < -0.3 is 9.16 Å². The molecule has 3 heteroatoms. The van der Waals surface area contributed by atoms with Gasteiger partial charge in [-0.15, -0.1) is 0 Å². The second kappa shape index (κ2) is 9.73. The summed E-state index contributed by atoms with van der Waals surface area (Å²) >= 11 is 0. The minimum Gasteiger partial charge on any atom is -0.392 e. The van der Waals surface area contributed by atoms with Crippen LogP contribution >= 0.6 is 0 Å². The molecule has 0 N–H and O–H groups in total. The van der Waals surface area contributed by atoms with Crippen molar-refractivity contribution in [2.45, 2.75) is 83.7 Å². The predicted molar refractivity (Wildman–Crippen MR) is 84.9 cm³/mol. The lowest BCUT2D eigenvalue weighted by Gasteiger charge is -2.31. The van der Waals surface area contributed by atoms with Crippen molar-refractivity contribution in [3.8, 4) is 0 Å². The van der Waals surface area contributed by atoms with Crippen molar-refractivity contribution in [1.29, 1.82) is 0 Å². The summed E-state index contributed by atoms with van der Waals surface area (Å²) in [4.78, 5) is 0. The zero-order chi connectivity index (χ0) is 14.0. The molecule has 112 valence electrons. The molecule has 1 heterocycles. The van der Waals surface area contributed by atoms with Crippen molar-refractivity contribution in [3.05, 3.63) is 12.2 Å². The third kappa shape index (κ3) is 8.61. The Balaban J connectivity index is 2.12. The molecule has 19 heavy (non-hydrogen) atoms. The summed E-state index contributed by atoms with van der Waals surface area (Å²) in [5.74, 6) is 0. The van der Waals surface area contributed by atoms with Crippen LogP contribution in [-0.2, 0) is 9.16 Å². The van der Waals surface area contributed by atoms with E-state index in [0.717, 1.165) is 19.1 Å². The summed E-state index contributed by atoms with van der Waals surface area (Å²) in [7, 11) is -1.58. The van der Waals surface area contributed by atoms with E-state index in [1.165, 1.54) is 44.9 Å². The molecule has 1 unspecified atom stereocenters. The number of ether oxygens (including phenoxy) is 1. The van der Waals surface area contributed by atoms with E-state index in [1.54, 1.807) is 0 Å². The van der Waals surface area contributed by atoms with Gasteiger partial charge in [0.25, 0.3) is 0 Å². The molecule has 1 fully saturated rings. The second-order valence-electron chi connectivity index (χ2n) is 6.20. The van der Waals surface area contributed by atoms with Crippen molar-refractivity contribution < 1.29 is 9.16 Å². The molecular weight excluding hydrogens is 252 g/mol. The quantitative estimate of drug-likeness (QED) is 0.326. The lowest BCUT2D eigenvalue weighted by molar-refractivity contribution is -0.111. The Morgan fingerprint density at radius 2 is 2.00 bits per heavy atom. The zero-order valence-electron chi connectivity index (χ0n) is 13.1. The van der Waals surface area contributed by atoms with Gasteiger partial charge in [0.2, 0.25) is 0 Å². The number of hydrogen-bond acceptors (Lipinski definition) is 2. The van der Waals surface area contributed by atoms with Crippen molar-refractivity contribution in [1.82, 2.24) is 0 Å². The second-order valence-corrected chi connectivity index (χ2v) is 10.4. The Labute approximate surface area is 120 Å². The highest BCUT2D eigenvalue weighted by molar-refractivity contribution is 6.71. The normalized spacial score (nSPS) is 21.1. The van der Waals surface area contributed by atoms with Gasteiger partial charge in [0, 0.05) is 6.61 Å². The first-order valence-electron chi connectivity index (χ1n) is 8.08. The van der Waals surface area contributed by atoms with Gasteiger partial charge in [-0.2, -0.15) is 0 Å². The van der Waals surface area contributed by atoms with Crippen LogP contribution < -0.4 is 0 Å². The van der Waals surface area contributed by atoms with E-state index in [-0.39, 0.29) is 6.29 Å². The Hall–Kier alpha value is -0.123. The molecule has 1 aliphatic heterocycles. The van der Waals surface area contributed by atoms with Crippen molar-refractivity contribution in [2.24, 2.45) is 0 Å². The molecule has 0 saturated carbocycles. The molecule has 1 saturated heterocycles. The number of hydrogen-bond donors (Lipinski definition) is 0. The van der Waals surface area contributed by atoms with Crippen molar-refractivity contribution >= 4 is 8.32 Å². The molecule has 0 radical (unpaired) electrons. The molecule has 2 nitrogen and oxygen atoms in total. The topological polar surface area (TPSA) is 18.5 Å². The van der Waals surface area contributed by atoms with Gasteiger partial charge in [0.15, 0.2) is 8.32 Å². The van der Waals surface area contributed by atoms with Gasteiger partial charge in [-0.25, -0.2) is 0 Å². The highest BCUT2D eigenvalue weighted by Crippen LogP contribution is 2.21. The first kappa shape index (κ1) is 16.9. The van der Waals surface area contributed by atoms with Gasteiger partial charge >= 0.3 is 0 Å². The summed E-state index contributed by atoms with van der Waals surface area (Å²) in [5.41, 5.74) is 0. The fourth-order valence-corrected chi connectivity index (χ4v) is 4.11. The Morgan fingerprint density at radius 3 is 2.68 bits per heavy atom. The third-order valence-electron chi connectivity index (χ3n) is 3.59. The first-order valence-corrected chi connectivity index (χ1v) is 11.2. The molecule has 0 aliphatic carbocycles. The molecule has 0 aromatic heterocycles. The van der Waals surface area contributed by atoms with Crippen molar-refractivity contribution in [3.63, 3.8) is 0 Å². The average molecular weight is 285 g/mol. The predicted octanol–water partition coefficient (Wildman–Crippen LogP) is 5.26. The maximum atomic E-state index is 6.19. The highest BCUT2D eigenvalue weighted by Gasteiger charge is 2.26. The summed E-state index contributed by atoms with van der Waals surface area (Å²) in [6.07, 6.45) is 14.9. The Kier molecular flexibility index (Phi) is 8.67. The fourth-order valence-electron chi connectivity index (χ4n) is 2.38. The number of rotatable bonds is 9. The Morgan fingerprint density at radius 1 is 1.16 bits per heavy atom. The van der Waals surface area contributed by atoms with Gasteiger partial charge in [-0.05, 0) is 51.2 Å². The van der Waals surface area contributed by atoms with E-state index >= 15 is 0 Å². The lowest BCUT2D eigenvalue weighted by Crippen LogP contribution is -2.37. The van der Waals surface area contributed by atoms with E-state index in [1.807, 2.05) is 0 Å². The standard InChI is InChI=1S/C16H32O2Si/c1-4-5-6-7-8-9-12-15-19(2,3)18-16-13-10-11-14-17-16/h9,12,16H,4-8,10-11,13-15H2,1-3H3/b12-9-. The Bertz CT molecular complexity index is 245. The lowest BCUT2D eigenvalue weighted by atomic mass is 10.1. The summed E-state index contributed by atoms with van der Waals surface area (Å²) in [6.45, 7) is 7.73. The minimum atomic E-state index is -1.58. The molecule has 1 atom stereocenters. The van der Waals surface area contributed by atoms with Crippen LogP contribution in [0.25, 0.3) is 0 Å². The van der Waals surface area contributed by atoms with Crippen molar-refractivity contribution in [2.75, 3.05) is 6.61 Å². The van der Waals surface area contributed by atoms with E-state index in [0.29, 0.717) is 0 Å². The monoisotopic (exact) mass is 284 g/mol. The smallest absolute Gasteiger partial charge is 0.193 e. The van der Waals surface area contributed by atoms with Crippen LogP contribution in [0.15, 0.2) is 12.2 Å². The molecule has 0 amide bonds. The average Bonchev–Trinajstić information content (AvgIpc) is 2.38. The molecule has 0 spiro atoms. The van der Waals surface area contributed by atoms with Crippen LogP contribution in [0.1, 0.15) is 58.3 Å². The zero-order valence-corrected chi connectivity index (χ0v) is 14.1. The van der Waals surface area contributed by atoms with Gasteiger partial charge in [-0.1, -0.05) is 38.3 Å². The van der Waals surface area contributed by atoms with E-state index in [4.69, 9.17) is 9.16 Å². The van der Waals surface area contributed by atoms with E-state index < -0.39 is 8.32 Å². The summed E-state index contributed by atoms with van der Waals surface area (Å²) in [6, 6.07) is 1.11. The van der Waals surface area contributed by atoms with E-state index in [2.05, 4.69) is 32.2 Å². The highest BCUT2D eigenvalue weighted by atomic mass is 28.4. The van der Waals surface area contributed by atoms with Crippen LogP contribution in [0.5, 0.6) is 0 Å². The molecule has 1 rings (SSSR count). The van der Waals surface area contributed by atoms with Gasteiger partial charge in [-0.3, -0.25) is 0 Å². The number of unbranched alkanes of at least 4 members (excludes halogenated alkanes) is 4. The number of allylic oxidation sites excluding steroid dienone is 2. The van der Waals surface area contributed by atoms with Crippen LogP contribution in [-0.4, -0.2) is 21.2 Å². The molecular formula is C16H32O2Si. The van der Waals surface area contributed by atoms with Crippen LogP contribution in [0.3, 0.4) is 0 Å². The van der Waals surface area contributed by atoms with Crippen LogP contribution in [0.2, 0.25) is 19.1 Å². The largest absolute Gasteiger partial charge is 0.392 e. The van der Waals surface area contributed by atoms with E-state index in [9.17, 15) is 0 Å². The molecule has 0 aromatic carbocycles. The third-order valence-corrected chi connectivity index (χ3v) is 5.71. The summed E-state index contributed by atoms with van der Waals surface area (Å²) < 4.78 is 11.9. The first-order chi connectivity index (χ1) is 9.14. The maximum absolute atomic E-state index is 6.19. The van der Waals surface area contributed by atoms with Crippen LogP contribution in [0, 0.1) is 0 Å². The summed E-state index contributed by atoms with van der Waals surface area (Å²) in [5, 5.41) is 0. The maximum Gasteiger partial charge on any atom is 0.193 e. The fraction of sp³-hybridized carbons (Fsp3) is 0.875. The SMILES string of the molecule is CCCCCC/C=C\C[Si](C)(C)OC1CCCCO1. The van der Waals surface area contributed by atoms with Gasteiger partial charge in [0.1, 0.15) is 6.29 Å². The molecule has 1 aliphatic rings. The van der Waals surface area contributed by atoms with Gasteiger partial charge in [0.05, 0.1) is 0 Å².